The number of benzene rings is 3. The molecule has 3 aromatic carbocycles. The second kappa shape index (κ2) is 7.64. The van der Waals surface area contributed by atoms with Crippen LogP contribution in [0.4, 0.5) is 5.69 Å². The van der Waals surface area contributed by atoms with Crippen molar-refractivity contribution in [1.82, 2.24) is 4.90 Å². The molecule has 1 aliphatic heterocycles. The van der Waals surface area contributed by atoms with Crippen LogP contribution in [0.15, 0.2) is 78.9 Å². The molecule has 0 radical (unpaired) electrons. The molecule has 1 fully saturated rings. The van der Waals surface area contributed by atoms with Crippen LogP contribution in [-0.2, 0) is 0 Å². The minimum absolute atomic E-state index is 0.0151. The fraction of sp³-hybridized carbons (Fsp3) is 0.269. The first-order valence-electron chi connectivity index (χ1n) is 10.2. The monoisotopic (exact) mass is 400 g/mol. The van der Waals surface area contributed by atoms with Crippen molar-refractivity contribution in [2.45, 2.75) is 39.3 Å². The average Bonchev–Trinajstić information content (AvgIpc) is 3.07. The smallest absolute Gasteiger partial charge is 0.177 e. The summed E-state index contributed by atoms with van der Waals surface area (Å²) in [6, 6.07) is 28.4. The van der Waals surface area contributed by atoms with Gasteiger partial charge in [0.25, 0.3) is 0 Å². The SMILES string of the molecule is Cc1ccc(N2C(=S)N(C(C)(C)C)C[C@@H]2c2ccc(-c3ccccc3)cc2)cc1. The van der Waals surface area contributed by atoms with Gasteiger partial charge in [-0.05, 0) is 68.7 Å². The van der Waals surface area contributed by atoms with Gasteiger partial charge in [-0.15, -0.1) is 0 Å². The summed E-state index contributed by atoms with van der Waals surface area (Å²) >= 11 is 5.96. The molecule has 0 aliphatic carbocycles. The van der Waals surface area contributed by atoms with E-state index in [1.165, 1.54) is 22.3 Å². The molecule has 29 heavy (non-hydrogen) atoms. The molecule has 0 spiro atoms. The number of rotatable bonds is 3. The number of hydrogen-bond acceptors (Lipinski definition) is 1. The fourth-order valence-electron chi connectivity index (χ4n) is 3.94. The molecule has 0 aromatic heterocycles. The van der Waals surface area contributed by atoms with Crippen LogP contribution in [-0.4, -0.2) is 22.1 Å². The topological polar surface area (TPSA) is 6.48 Å². The minimum atomic E-state index is -0.0151. The molecule has 1 aliphatic rings. The van der Waals surface area contributed by atoms with E-state index in [0.717, 1.165) is 17.3 Å². The van der Waals surface area contributed by atoms with E-state index in [1.54, 1.807) is 0 Å². The predicted octanol–water partition coefficient (Wildman–Crippen LogP) is 6.61. The predicted molar refractivity (Wildman–Crippen MR) is 127 cm³/mol. The van der Waals surface area contributed by atoms with E-state index >= 15 is 0 Å². The lowest BCUT2D eigenvalue weighted by Gasteiger charge is -2.33. The molecule has 4 rings (SSSR count). The van der Waals surface area contributed by atoms with Crippen molar-refractivity contribution in [2.75, 3.05) is 11.4 Å². The summed E-state index contributed by atoms with van der Waals surface area (Å²) in [5.41, 5.74) is 6.18. The molecule has 0 N–H and O–H groups in total. The van der Waals surface area contributed by atoms with Crippen molar-refractivity contribution in [3.8, 4) is 11.1 Å². The van der Waals surface area contributed by atoms with Gasteiger partial charge >= 0.3 is 0 Å². The molecule has 0 saturated carbocycles. The molecule has 1 saturated heterocycles. The molecule has 3 heteroatoms. The van der Waals surface area contributed by atoms with Gasteiger partial charge in [0.2, 0.25) is 0 Å². The van der Waals surface area contributed by atoms with E-state index in [0.29, 0.717) is 0 Å². The minimum Gasteiger partial charge on any atom is -0.342 e. The van der Waals surface area contributed by atoms with Gasteiger partial charge in [0, 0.05) is 17.8 Å². The zero-order valence-electron chi connectivity index (χ0n) is 17.6. The van der Waals surface area contributed by atoms with Gasteiger partial charge in [-0.1, -0.05) is 72.3 Å². The summed E-state index contributed by atoms with van der Waals surface area (Å²) in [7, 11) is 0. The first-order chi connectivity index (χ1) is 13.8. The Balaban J connectivity index is 1.71. The van der Waals surface area contributed by atoms with Crippen molar-refractivity contribution in [3.05, 3.63) is 90.0 Å². The third kappa shape index (κ3) is 3.92. The molecule has 3 aromatic rings. The van der Waals surface area contributed by atoms with Gasteiger partial charge < -0.3 is 9.80 Å². The van der Waals surface area contributed by atoms with E-state index < -0.39 is 0 Å². The average molecular weight is 401 g/mol. The quantitative estimate of drug-likeness (QED) is 0.457. The van der Waals surface area contributed by atoms with Crippen LogP contribution in [0.3, 0.4) is 0 Å². The molecular weight excluding hydrogens is 372 g/mol. The van der Waals surface area contributed by atoms with E-state index in [9.17, 15) is 0 Å². The summed E-state index contributed by atoms with van der Waals surface area (Å²) in [5.74, 6) is 0. The van der Waals surface area contributed by atoms with Crippen molar-refractivity contribution in [1.29, 1.82) is 0 Å². The van der Waals surface area contributed by atoms with Gasteiger partial charge in [-0.25, -0.2) is 0 Å². The second-order valence-corrected chi connectivity index (χ2v) is 9.14. The lowest BCUT2D eigenvalue weighted by molar-refractivity contribution is 0.253. The molecule has 148 valence electrons. The fourth-order valence-corrected chi connectivity index (χ4v) is 4.52. The Hall–Kier alpha value is -2.65. The Kier molecular flexibility index (Phi) is 5.18. The summed E-state index contributed by atoms with van der Waals surface area (Å²) in [5, 5.41) is 0.901. The standard InChI is InChI=1S/C26H28N2S/c1-19-10-16-23(17-11-19)28-24(18-27(25(28)29)26(2,3)4)22-14-12-21(13-15-22)20-8-6-5-7-9-20/h5-17,24H,18H2,1-4H3/t24-/m1/s1. The van der Waals surface area contributed by atoms with Gasteiger partial charge in [-0.3, -0.25) is 0 Å². The largest absolute Gasteiger partial charge is 0.342 e. The Bertz CT molecular complexity index is 986. The maximum absolute atomic E-state index is 5.96. The van der Waals surface area contributed by atoms with Crippen LogP contribution in [0, 0.1) is 6.92 Å². The summed E-state index contributed by atoms with van der Waals surface area (Å²) in [6.45, 7) is 9.70. The summed E-state index contributed by atoms with van der Waals surface area (Å²) in [6.07, 6.45) is 0. The molecule has 1 atom stereocenters. The van der Waals surface area contributed by atoms with Gasteiger partial charge in [0.15, 0.2) is 5.11 Å². The van der Waals surface area contributed by atoms with Crippen LogP contribution < -0.4 is 4.90 Å². The highest BCUT2D eigenvalue weighted by atomic mass is 32.1. The summed E-state index contributed by atoms with van der Waals surface area (Å²) < 4.78 is 0. The Morgan fingerprint density at radius 3 is 1.97 bits per heavy atom. The highest BCUT2D eigenvalue weighted by molar-refractivity contribution is 7.80. The number of hydrogen-bond donors (Lipinski definition) is 0. The highest BCUT2D eigenvalue weighted by Crippen LogP contribution is 2.38. The van der Waals surface area contributed by atoms with E-state index in [1.807, 2.05) is 0 Å². The van der Waals surface area contributed by atoms with Gasteiger partial charge in [0.1, 0.15) is 0 Å². The van der Waals surface area contributed by atoms with Crippen LogP contribution in [0.5, 0.6) is 0 Å². The zero-order chi connectivity index (χ0) is 20.6. The second-order valence-electron chi connectivity index (χ2n) is 8.77. The lowest BCUT2D eigenvalue weighted by atomic mass is 9.99. The molecule has 0 amide bonds. The normalized spacial score (nSPS) is 17.1. The van der Waals surface area contributed by atoms with Crippen LogP contribution >= 0.6 is 12.2 Å². The molecule has 0 unspecified atom stereocenters. The number of aryl methyl sites for hydroxylation is 1. The van der Waals surface area contributed by atoms with Crippen LogP contribution in [0.2, 0.25) is 0 Å². The van der Waals surface area contributed by atoms with Crippen molar-refractivity contribution in [3.63, 3.8) is 0 Å². The third-order valence-electron chi connectivity index (χ3n) is 5.63. The van der Waals surface area contributed by atoms with Crippen LogP contribution in [0.25, 0.3) is 11.1 Å². The lowest BCUT2D eigenvalue weighted by Crippen LogP contribution is -2.44. The molecule has 1 heterocycles. The molecule has 2 nitrogen and oxygen atoms in total. The number of thiocarbonyl (C=S) groups is 1. The van der Waals surface area contributed by atoms with Crippen LogP contribution in [0.1, 0.15) is 37.9 Å². The first kappa shape index (κ1) is 19.7. The maximum atomic E-state index is 5.96. The first-order valence-corrected chi connectivity index (χ1v) is 10.6. The zero-order valence-corrected chi connectivity index (χ0v) is 18.4. The third-order valence-corrected chi connectivity index (χ3v) is 6.05. The Labute approximate surface area is 179 Å². The van der Waals surface area contributed by atoms with E-state index in [2.05, 4.69) is 116 Å². The van der Waals surface area contributed by atoms with E-state index in [-0.39, 0.29) is 11.6 Å². The van der Waals surface area contributed by atoms with Gasteiger partial charge in [0.05, 0.1) is 6.04 Å². The number of anilines is 1. The summed E-state index contributed by atoms with van der Waals surface area (Å²) in [4.78, 5) is 4.66. The highest BCUT2D eigenvalue weighted by Gasteiger charge is 2.40. The van der Waals surface area contributed by atoms with Crippen molar-refractivity contribution < 1.29 is 0 Å². The Morgan fingerprint density at radius 2 is 1.38 bits per heavy atom. The van der Waals surface area contributed by atoms with Gasteiger partial charge in [-0.2, -0.15) is 0 Å². The maximum Gasteiger partial charge on any atom is 0.177 e. The number of nitrogens with zero attached hydrogens (tertiary/aromatic N) is 2. The van der Waals surface area contributed by atoms with Crippen molar-refractivity contribution >= 4 is 23.0 Å². The molecular formula is C26H28N2S. The Morgan fingerprint density at radius 1 is 0.793 bits per heavy atom. The van der Waals surface area contributed by atoms with E-state index in [4.69, 9.17) is 12.2 Å². The molecule has 0 bridgehead atoms. The van der Waals surface area contributed by atoms with Crippen molar-refractivity contribution in [2.24, 2.45) is 0 Å².